The number of hydrogen-bond donors (Lipinski definition) is 5. The Morgan fingerprint density at radius 2 is 1.69 bits per heavy atom. The van der Waals surface area contributed by atoms with E-state index < -0.39 is 59.4 Å². The summed E-state index contributed by atoms with van der Waals surface area (Å²) in [5.41, 5.74) is 1.30. The van der Waals surface area contributed by atoms with E-state index in [-0.39, 0.29) is 74.5 Å². The number of carbonyl (C=O) groups is 4. The average Bonchev–Trinajstić information content (AvgIpc) is 3.83. The smallest absolute Gasteiger partial charge is 0.315 e. The molecule has 6 aliphatic rings. The van der Waals surface area contributed by atoms with Gasteiger partial charge in [-0.2, -0.15) is 0 Å². The van der Waals surface area contributed by atoms with E-state index in [1.807, 2.05) is 31.2 Å². The lowest BCUT2D eigenvalue weighted by molar-refractivity contribution is -0.153. The van der Waals surface area contributed by atoms with Crippen molar-refractivity contribution in [3.63, 3.8) is 0 Å². The number of likely N-dealkylation sites (tertiary alicyclic amines) is 2. The summed E-state index contributed by atoms with van der Waals surface area (Å²) in [6.07, 6.45) is 10.8. The first-order valence-electron chi connectivity index (χ1n) is 25.3. The second-order valence-corrected chi connectivity index (χ2v) is 20.7. The van der Waals surface area contributed by atoms with Gasteiger partial charge in [0.15, 0.2) is 5.75 Å². The van der Waals surface area contributed by atoms with Crippen LogP contribution in [0.3, 0.4) is 0 Å². The zero-order valence-electron chi connectivity index (χ0n) is 42.0. The molecule has 0 aliphatic carbocycles. The fraction of sp³-hybridized carbons (Fsp3) is 0.527. The standard InChI is InChI=1S/C55H70N6O10/c1-33(2)31-61-26-22-55(23-27-61)58-46-43-44-49(65)36(5)51-45(43)52(67)54(6,71-51)69-28-11-10-17-40(70-42(64)30-41(63)56-38-20-24-60(25-21-38)32-37-15-8-7-9-16-37)29-39(62)19-18-34(3)13-12-14-35(4)53(68)57-48(50(44)66)47(46)59-55/h7-9,11-16,28,33-34,38-40,58,62,65-66H,10,17-27,29-32H2,1-6H3,(H,56,63)/b13-12+,28-11+,35-14-,57-48?/t34-,39+,40+,54?/m0/s1. The lowest BCUT2D eigenvalue weighted by atomic mass is 9.92. The zero-order chi connectivity index (χ0) is 50.6. The maximum Gasteiger partial charge on any atom is 0.315 e. The van der Waals surface area contributed by atoms with Crippen LogP contribution in [0.5, 0.6) is 17.2 Å². The number of carbonyl (C=O) groups excluding carboxylic acids is 4. The molecule has 71 heavy (non-hydrogen) atoms. The third kappa shape index (κ3) is 11.7. The molecule has 1 unspecified atom stereocenters. The highest BCUT2D eigenvalue weighted by molar-refractivity contribution is 6.21. The van der Waals surface area contributed by atoms with Crippen molar-refractivity contribution < 1.29 is 48.7 Å². The molecule has 1 spiro atoms. The highest BCUT2D eigenvalue weighted by Gasteiger charge is 2.50. The topological polar surface area (TPSA) is 212 Å². The number of esters is 1. The van der Waals surface area contributed by atoms with Crippen LogP contribution in [0.25, 0.3) is 10.8 Å². The maximum absolute atomic E-state index is 14.7. The van der Waals surface area contributed by atoms with E-state index in [2.05, 4.69) is 51.4 Å². The number of nitrogens with zero attached hydrogens (tertiary/aromatic N) is 4. The minimum Gasteiger partial charge on any atom is -0.507 e. The molecule has 2 amide bonds. The highest BCUT2D eigenvalue weighted by Crippen LogP contribution is 2.51. The number of rotatable bonds is 8. The number of aliphatic hydroxyl groups is 1. The normalized spacial score (nSPS) is 26.1. The number of phenolic OH excluding ortho intramolecular Hbond substituents is 2. The second-order valence-electron chi connectivity index (χ2n) is 20.7. The summed E-state index contributed by atoms with van der Waals surface area (Å²) >= 11 is 0. The van der Waals surface area contributed by atoms with E-state index in [0.717, 1.165) is 52.1 Å². The molecule has 5 N–H and O–H groups in total. The molecule has 0 saturated carbocycles. The van der Waals surface area contributed by atoms with Crippen molar-refractivity contribution in [2.24, 2.45) is 21.8 Å². The van der Waals surface area contributed by atoms with Gasteiger partial charge in [-0.05, 0) is 75.8 Å². The quantitative estimate of drug-likeness (QED) is 0.0920. The Bertz CT molecular complexity index is 2740. The SMILES string of the molecule is C/C1=C/C=C/[C@H](C)CC[C@@H](O)C[C@H](OC(=O)CC(=O)NC2CCN(Cc3ccccc3)CC2)CC/C=C/OC2(C)Oc3c(C)c(O)c4c(O)c(c5c(c4c3C2=O)NC2(CCN(CC(C)C)CC2)N=5)=NC1=O. The minimum absolute atomic E-state index is 0.00103. The van der Waals surface area contributed by atoms with Crippen LogP contribution in [0, 0.1) is 18.8 Å². The molecule has 0 radical (unpaired) electrons. The van der Waals surface area contributed by atoms with Crippen molar-refractivity contribution in [3.05, 3.63) is 93.9 Å². The lowest BCUT2D eigenvalue weighted by Crippen LogP contribution is -2.47. The Morgan fingerprint density at radius 3 is 2.41 bits per heavy atom. The van der Waals surface area contributed by atoms with Gasteiger partial charge in [-0.25, -0.2) is 4.99 Å². The highest BCUT2D eigenvalue weighted by atomic mass is 16.7. The number of fused-ring (bicyclic) bond motifs is 13. The summed E-state index contributed by atoms with van der Waals surface area (Å²) in [5.74, 6) is -4.47. The maximum atomic E-state index is 14.7. The molecule has 2 fully saturated rings. The van der Waals surface area contributed by atoms with Crippen LogP contribution < -0.4 is 26.1 Å². The summed E-state index contributed by atoms with van der Waals surface area (Å²) in [6, 6.07) is 10.2. The predicted molar refractivity (Wildman–Crippen MR) is 268 cm³/mol. The Morgan fingerprint density at radius 1 is 0.958 bits per heavy atom. The number of ketones is 1. The number of hydrogen-bond acceptors (Lipinski definition) is 14. The van der Waals surface area contributed by atoms with Crippen LogP contribution in [0.2, 0.25) is 0 Å². The number of ether oxygens (including phenoxy) is 3. The first-order chi connectivity index (χ1) is 33.9. The Hall–Kier alpha value is -6.10. The molecule has 5 bridgehead atoms. The Kier molecular flexibility index (Phi) is 15.7. The molecular formula is C55H70N6O10. The number of allylic oxidation sites excluding steroid dienone is 4. The third-order valence-electron chi connectivity index (χ3n) is 14.4. The van der Waals surface area contributed by atoms with Gasteiger partial charge in [0.05, 0.1) is 29.0 Å². The largest absolute Gasteiger partial charge is 0.507 e. The summed E-state index contributed by atoms with van der Waals surface area (Å²) in [5, 5.41) is 42.0. The molecule has 380 valence electrons. The first-order valence-corrected chi connectivity index (χ1v) is 25.3. The van der Waals surface area contributed by atoms with E-state index in [1.54, 1.807) is 32.1 Å². The van der Waals surface area contributed by atoms with Gasteiger partial charge >= 0.3 is 11.8 Å². The Labute approximate surface area is 415 Å². The average molecular weight is 975 g/mol. The number of aromatic hydroxyl groups is 2. The second kappa shape index (κ2) is 21.7. The van der Waals surface area contributed by atoms with Gasteiger partial charge in [-0.15, -0.1) is 0 Å². The Balaban J connectivity index is 1.03. The van der Waals surface area contributed by atoms with Crippen LogP contribution in [0.4, 0.5) is 5.69 Å². The molecule has 3 aromatic carbocycles. The monoisotopic (exact) mass is 975 g/mol. The fourth-order valence-electron chi connectivity index (χ4n) is 10.4. The first kappa shape index (κ1) is 51.3. The van der Waals surface area contributed by atoms with Crippen molar-refractivity contribution in [1.82, 2.24) is 15.1 Å². The molecule has 4 atom stereocenters. The van der Waals surface area contributed by atoms with Crippen LogP contribution in [-0.2, 0) is 30.4 Å². The van der Waals surface area contributed by atoms with Gasteiger partial charge < -0.3 is 45.1 Å². The van der Waals surface area contributed by atoms with Gasteiger partial charge in [0, 0.05) is 88.0 Å². The van der Waals surface area contributed by atoms with Gasteiger partial charge in [-0.3, -0.25) is 29.1 Å². The summed E-state index contributed by atoms with van der Waals surface area (Å²) in [7, 11) is 0. The number of piperidine rings is 2. The number of Topliss-reactive ketones (excluding diaryl/α,β-unsaturated/α-hetero) is 1. The molecule has 6 heterocycles. The van der Waals surface area contributed by atoms with E-state index >= 15 is 0 Å². The van der Waals surface area contributed by atoms with Crippen LogP contribution in [0.15, 0.2) is 76.5 Å². The van der Waals surface area contributed by atoms with Crippen molar-refractivity contribution in [2.45, 2.75) is 142 Å². The predicted octanol–water partition coefficient (Wildman–Crippen LogP) is 6.57. The molecule has 6 aliphatic heterocycles. The number of aliphatic hydroxyl groups excluding tert-OH is 1. The minimum atomic E-state index is -1.89. The molecule has 16 nitrogen and oxygen atoms in total. The van der Waals surface area contributed by atoms with E-state index in [4.69, 9.17) is 19.2 Å². The van der Waals surface area contributed by atoms with E-state index in [1.165, 1.54) is 18.7 Å². The zero-order valence-corrected chi connectivity index (χ0v) is 42.0. The van der Waals surface area contributed by atoms with E-state index in [9.17, 15) is 34.5 Å². The van der Waals surface area contributed by atoms with Crippen LogP contribution in [0.1, 0.15) is 120 Å². The molecule has 0 aromatic heterocycles. The summed E-state index contributed by atoms with van der Waals surface area (Å²) in [6.45, 7) is 15.9. The fourth-order valence-corrected chi connectivity index (χ4v) is 10.4. The summed E-state index contributed by atoms with van der Waals surface area (Å²) in [4.78, 5) is 69.3. The van der Waals surface area contributed by atoms with Gasteiger partial charge in [0.1, 0.15) is 40.4 Å². The van der Waals surface area contributed by atoms with Crippen LogP contribution >= 0.6 is 0 Å². The summed E-state index contributed by atoms with van der Waals surface area (Å²) < 4.78 is 18.3. The molecule has 9 rings (SSSR count). The van der Waals surface area contributed by atoms with Crippen molar-refractivity contribution in [1.29, 1.82) is 0 Å². The van der Waals surface area contributed by atoms with Gasteiger partial charge in [-0.1, -0.05) is 69.3 Å². The molecular weight excluding hydrogens is 905 g/mol. The van der Waals surface area contributed by atoms with Crippen molar-refractivity contribution >= 4 is 40.0 Å². The lowest BCUT2D eigenvalue weighted by Gasteiger charge is -2.38. The molecule has 3 aromatic rings. The molecule has 16 heteroatoms. The van der Waals surface area contributed by atoms with Gasteiger partial charge in [0.25, 0.3) is 11.7 Å². The number of amides is 2. The number of phenols is 2. The number of anilines is 1. The van der Waals surface area contributed by atoms with E-state index in [0.29, 0.717) is 43.7 Å². The van der Waals surface area contributed by atoms with Crippen molar-refractivity contribution in [3.8, 4) is 17.2 Å². The number of benzene rings is 3. The third-order valence-corrected chi connectivity index (χ3v) is 14.4. The van der Waals surface area contributed by atoms with Gasteiger partial charge in [0.2, 0.25) is 5.91 Å². The van der Waals surface area contributed by atoms with Crippen molar-refractivity contribution in [2.75, 3.05) is 38.0 Å². The van der Waals surface area contributed by atoms with Crippen LogP contribution in [-0.4, -0.2) is 111 Å². The molecule has 2 saturated heterocycles. The number of nitrogens with one attached hydrogen (secondary N) is 2.